The van der Waals surface area contributed by atoms with E-state index in [-0.39, 0.29) is 17.9 Å². The van der Waals surface area contributed by atoms with Crippen LogP contribution in [0.4, 0.5) is 18.9 Å². The molecule has 1 unspecified atom stereocenters. The smallest absolute Gasteiger partial charge is 0.425 e. The van der Waals surface area contributed by atoms with E-state index in [1.54, 1.807) is 0 Å². The van der Waals surface area contributed by atoms with Crippen LogP contribution in [0.1, 0.15) is 39.0 Å². The molecule has 0 N–H and O–H groups in total. The average molecular weight is 305 g/mol. The van der Waals surface area contributed by atoms with Gasteiger partial charge in [-0.05, 0) is 25.0 Å². The Labute approximate surface area is 121 Å². The van der Waals surface area contributed by atoms with Crippen LogP contribution in [0.15, 0.2) is 24.3 Å². The predicted octanol–water partition coefficient (Wildman–Crippen LogP) is 4.87. The van der Waals surface area contributed by atoms with Crippen LogP contribution in [0.5, 0.6) is 5.75 Å². The van der Waals surface area contributed by atoms with Gasteiger partial charge in [-0.1, -0.05) is 26.2 Å². The number of hydrogen-bond donors (Lipinski definition) is 0. The standard InChI is InChI=1S/C14H18F3NO3/c1-2-3-4-5-6-13(14(15,16)17)21-12-9-7-11(8-10-12)18(19)20/h7-10,13H,2-6H2,1H3. The quantitative estimate of drug-likeness (QED) is 0.391. The van der Waals surface area contributed by atoms with Gasteiger partial charge in [0.25, 0.3) is 5.69 Å². The SMILES string of the molecule is CCCCCCC(Oc1ccc([N+](=O)[O-])cc1)C(F)(F)F. The van der Waals surface area contributed by atoms with E-state index < -0.39 is 17.2 Å². The third kappa shape index (κ3) is 6.01. The van der Waals surface area contributed by atoms with Crippen molar-refractivity contribution in [2.75, 3.05) is 0 Å². The number of halogens is 3. The maximum absolute atomic E-state index is 12.9. The topological polar surface area (TPSA) is 52.4 Å². The van der Waals surface area contributed by atoms with Crippen molar-refractivity contribution in [2.24, 2.45) is 0 Å². The number of ether oxygens (including phenoxy) is 1. The largest absolute Gasteiger partial charge is 0.481 e. The zero-order valence-corrected chi connectivity index (χ0v) is 11.7. The minimum atomic E-state index is -4.45. The summed E-state index contributed by atoms with van der Waals surface area (Å²) < 4.78 is 43.6. The number of non-ortho nitro benzene ring substituents is 1. The predicted molar refractivity (Wildman–Crippen MR) is 72.3 cm³/mol. The highest BCUT2D eigenvalue weighted by molar-refractivity contribution is 5.36. The lowest BCUT2D eigenvalue weighted by atomic mass is 10.1. The molecule has 0 amide bonds. The van der Waals surface area contributed by atoms with Crippen LogP contribution in [0.2, 0.25) is 0 Å². The molecule has 0 fully saturated rings. The molecule has 1 aromatic rings. The van der Waals surface area contributed by atoms with Crippen molar-refractivity contribution >= 4 is 5.69 Å². The van der Waals surface area contributed by atoms with Crippen LogP contribution < -0.4 is 4.74 Å². The van der Waals surface area contributed by atoms with Crippen LogP contribution in [0.3, 0.4) is 0 Å². The summed E-state index contributed by atoms with van der Waals surface area (Å²) in [6.45, 7) is 1.98. The van der Waals surface area contributed by atoms with E-state index in [9.17, 15) is 23.3 Å². The lowest BCUT2D eigenvalue weighted by Gasteiger charge is -2.21. The van der Waals surface area contributed by atoms with E-state index in [1.807, 2.05) is 6.92 Å². The van der Waals surface area contributed by atoms with Gasteiger partial charge in [0.05, 0.1) is 4.92 Å². The van der Waals surface area contributed by atoms with Gasteiger partial charge >= 0.3 is 6.18 Å². The van der Waals surface area contributed by atoms with Crippen molar-refractivity contribution in [3.63, 3.8) is 0 Å². The minimum Gasteiger partial charge on any atom is -0.481 e. The molecular formula is C14H18F3NO3. The molecule has 0 aromatic heterocycles. The third-order valence-electron chi connectivity index (χ3n) is 3.01. The van der Waals surface area contributed by atoms with Crippen LogP contribution >= 0.6 is 0 Å². The van der Waals surface area contributed by atoms with Gasteiger partial charge in [0, 0.05) is 12.1 Å². The molecule has 7 heteroatoms. The van der Waals surface area contributed by atoms with Crippen LogP contribution in [-0.4, -0.2) is 17.2 Å². The number of alkyl halides is 3. The molecule has 4 nitrogen and oxygen atoms in total. The molecule has 1 aromatic carbocycles. The Morgan fingerprint density at radius 3 is 2.29 bits per heavy atom. The van der Waals surface area contributed by atoms with E-state index >= 15 is 0 Å². The lowest BCUT2D eigenvalue weighted by molar-refractivity contribution is -0.384. The van der Waals surface area contributed by atoms with Gasteiger partial charge in [0.1, 0.15) is 5.75 Å². The maximum Gasteiger partial charge on any atom is 0.425 e. The fourth-order valence-electron chi connectivity index (χ4n) is 1.86. The van der Waals surface area contributed by atoms with Crippen molar-refractivity contribution in [2.45, 2.75) is 51.3 Å². The Kier molecular flexibility index (Phi) is 6.45. The molecule has 0 bridgehead atoms. The van der Waals surface area contributed by atoms with Crippen molar-refractivity contribution in [3.8, 4) is 5.75 Å². The molecule has 0 radical (unpaired) electrons. The molecule has 0 saturated heterocycles. The summed E-state index contributed by atoms with van der Waals surface area (Å²) in [6, 6.07) is 4.62. The molecule has 1 rings (SSSR count). The minimum absolute atomic E-state index is 0.0154. The first kappa shape index (κ1) is 17.3. The average Bonchev–Trinajstić information content (AvgIpc) is 2.41. The van der Waals surface area contributed by atoms with E-state index in [0.717, 1.165) is 31.4 Å². The zero-order chi connectivity index (χ0) is 15.9. The van der Waals surface area contributed by atoms with E-state index in [1.165, 1.54) is 12.1 Å². The van der Waals surface area contributed by atoms with E-state index in [2.05, 4.69) is 0 Å². The molecule has 0 saturated carbocycles. The lowest BCUT2D eigenvalue weighted by Crippen LogP contribution is -2.34. The summed E-state index contributed by atoms with van der Waals surface area (Å²) in [5.41, 5.74) is -0.186. The molecule has 0 spiro atoms. The van der Waals surface area contributed by atoms with Crippen molar-refractivity contribution < 1.29 is 22.8 Å². The first-order valence-electron chi connectivity index (χ1n) is 6.82. The Morgan fingerprint density at radius 2 is 1.81 bits per heavy atom. The summed E-state index contributed by atoms with van der Waals surface area (Å²) in [5, 5.41) is 10.5. The van der Waals surface area contributed by atoms with E-state index in [4.69, 9.17) is 4.74 Å². The molecular weight excluding hydrogens is 287 g/mol. The zero-order valence-electron chi connectivity index (χ0n) is 11.7. The molecule has 0 heterocycles. The first-order valence-corrected chi connectivity index (χ1v) is 6.82. The third-order valence-corrected chi connectivity index (χ3v) is 3.01. The molecule has 1 atom stereocenters. The number of unbranched alkanes of at least 4 members (excludes halogenated alkanes) is 3. The summed E-state index contributed by atoms with van der Waals surface area (Å²) in [6.07, 6.45) is -3.44. The van der Waals surface area contributed by atoms with Gasteiger partial charge in [-0.3, -0.25) is 10.1 Å². The number of benzene rings is 1. The number of nitro benzene ring substituents is 1. The fourth-order valence-corrected chi connectivity index (χ4v) is 1.86. The molecule has 0 aliphatic rings. The van der Waals surface area contributed by atoms with Crippen molar-refractivity contribution in [3.05, 3.63) is 34.4 Å². The number of nitrogens with zero attached hydrogens (tertiary/aromatic N) is 1. The number of nitro groups is 1. The summed E-state index contributed by atoms with van der Waals surface area (Å²) >= 11 is 0. The van der Waals surface area contributed by atoms with Crippen LogP contribution in [0, 0.1) is 10.1 Å². The Balaban J connectivity index is 2.65. The Bertz CT molecular complexity index is 446. The highest BCUT2D eigenvalue weighted by atomic mass is 19.4. The van der Waals surface area contributed by atoms with Crippen molar-refractivity contribution in [1.82, 2.24) is 0 Å². The molecule has 118 valence electrons. The van der Waals surface area contributed by atoms with Gasteiger partial charge in [-0.15, -0.1) is 0 Å². The van der Waals surface area contributed by atoms with E-state index in [0.29, 0.717) is 6.42 Å². The highest BCUT2D eigenvalue weighted by Crippen LogP contribution is 2.29. The van der Waals surface area contributed by atoms with Gasteiger partial charge in [-0.25, -0.2) is 0 Å². The molecule has 0 aliphatic carbocycles. The van der Waals surface area contributed by atoms with Crippen LogP contribution in [-0.2, 0) is 0 Å². The van der Waals surface area contributed by atoms with Crippen LogP contribution in [0.25, 0.3) is 0 Å². The van der Waals surface area contributed by atoms with Gasteiger partial charge in [0.2, 0.25) is 0 Å². The summed E-state index contributed by atoms with van der Waals surface area (Å²) in [5.74, 6) is -0.0154. The highest BCUT2D eigenvalue weighted by Gasteiger charge is 2.41. The first-order chi connectivity index (χ1) is 9.84. The van der Waals surface area contributed by atoms with Crippen molar-refractivity contribution in [1.29, 1.82) is 0 Å². The Morgan fingerprint density at radius 1 is 1.19 bits per heavy atom. The Hall–Kier alpha value is -1.79. The number of hydrogen-bond acceptors (Lipinski definition) is 3. The normalized spacial score (nSPS) is 13.0. The van der Waals surface area contributed by atoms with Gasteiger partial charge in [0.15, 0.2) is 6.10 Å². The second-order valence-electron chi connectivity index (χ2n) is 4.75. The monoisotopic (exact) mass is 305 g/mol. The second-order valence-corrected chi connectivity index (χ2v) is 4.75. The maximum atomic E-state index is 12.9. The summed E-state index contributed by atoms with van der Waals surface area (Å²) in [4.78, 5) is 9.87. The molecule has 21 heavy (non-hydrogen) atoms. The fraction of sp³-hybridized carbons (Fsp3) is 0.571. The van der Waals surface area contributed by atoms with Gasteiger partial charge < -0.3 is 4.74 Å². The summed E-state index contributed by atoms with van der Waals surface area (Å²) in [7, 11) is 0. The van der Waals surface area contributed by atoms with Gasteiger partial charge in [-0.2, -0.15) is 13.2 Å². The number of rotatable bonds is 8. The molecule has 0 aliphatic heterocycles. The second kappa shape index (κ2) is 7.85.